The maximum absolute atomic E-state index is 5.76. The van der Waals surface area contributed by atoms with Gasteiger partial charge in [0.05, 0.1) is 0 Å². The van der Waals surface area contributed by atoms with Crippen molar-refractivity contribution in [3.05, 3.63) is 40.9 Å². The lowest BCUT2D eigenvalue weighted by atomic mass is 10.3. The smallest absolute Gasteiger partial charge is 0.119 e. The molecule has 0 fully saturated rings. The Morgan fingerprint density at radius 1 is 1.29 bits per heavy atom. The molecular formula is C11H12ClNO. The van der Waals surface area contributed by atoms with E-state index in [4.69, 9.17) is 16.3 Å². The first-order chi connectivity index (χ1) is 6.84. The van der Waals surface area contributed by atoms with E-state index in [-0.39, 0.29) is 0 Å². The highest BCUT2D eigenvalue weighted by Crippen LogP contribution is 2.16. The van der Waals surface area contributed by atoms with Gasteiger partial charge >= 0.3 is 0 Å². The van der Waals surface area contributed by atoms with Crippen LogP contribution in [0.15, 0.2) is 35.9 Å². The summed E-state index contributed by atoms with van der Waals surface area (Å²) in [7, 11) is 0. The summed E-state index contributed by atoms with van der Waals surface area (Å²) in [6.45, 7) is 2.56. The van der Waals surface area contributed by atoms with E-state index in [1.807, 2.05) is 24.3 Å². The molecular weight excluding hydrogens is 198 g/mol. The molecule has 1 aliphatic rings. The van der Waals surface area contributed by atoms with Gasteiger partial charge < -0.3 is 10.1 Å². The molecule has 2 rings (SSSR count). The molecule has 14 heavy (non-hydrogen) atoms. The zero-order chi connectivity index (χ0) is 9.80. The molecule has 0 aromatic heterocycles. The summed E-state index contributed by atoms with van der Waals surface area (Å²) < 4.78 is 5.58. The Morgan fingerprint density at radius 3 is 2.71 bits per heavy atom. The third-order valence-corrected chi connectivity index (χ3v) is 2.38. The van der Waals surface area contributed by atoms with Gasteiger partial charge in [0.1, 0.15) is 12.4 Å². The van der Waals surface area contributed by atoms with Crippen molar-refractivity contribution in [3.63, 3.8) is 0 Å². The normalized spacial score (nSPS) is 15.4. The Labute approximate surface area is 88.5 Å². The summed E-state index contributed by atoms with van der Waals surface area (Å²) in [5.74, 6) is 0.863. The predicted octanol–water partition coefficient (Wildman–Crippen LogP) is 2.25. The second-order valence-corrected chi connectivity index (χ2v) is 3.67. The summed E-state index contributed by atoms with van der Waals surface area (Å²) in [6.07, 6.45) is 2.16. The van der Waals surface area contributed by atoms with Crippen LogP contribution in [0.1, 0.15) is 0 Å². The lowest BCUT2D eigenvalue weighted by Crippen LogP contribution is -2.11. The fraction of sp³-hybridized carbons (Fsp3) is 0.273. The average Bonchev–Trinajstić information content (AvgIpc) is 2.70. The number of benzene rings is 1. The van der Waals surface area contributed by atoms with Gasteiger partial charge in [0, 0.05) is 18.1 Å². The molecule has 0 unspecified atom stereocenters. The Kier molecular flexibility index (Phi) is 3.07. The van der Waals surface area contributed by atoms with E-state index in [1.165, 1.54) is 5.57 Å². The van der Waals surface area contributed by atoms with Crippen LogP contribution in [0.25, 0.3) is 0 Å². The highest BCUT2D eigenvalue weighted by Gasteiger charge is 2.03. The topological polar surface area (TPSA) is 21.3 Å². The van der Waals surface area contributed by atoms with E-state index in [9.17, 15) is 0 Å². The van der Waals surface area contributed by atoms with Gasteiger partial charge in [0.2, 0.25) is 0 Å². The van der Waals surface area contributed by atoms with Crippen molar-refractivity contribution in [1.82, 2.24) is 5.32 Å². The van der Waals surface area contributed by atoms with E-state index in [0.29, 0.717) is 6.61 Å². The van der Waals surface area contributed by atoms with Crippen LogP contribution in [0.3, 0.4) is 0 Å². The van der Waals surface area contributed by atoms with Gasteiger partial charge in [-0.05, 0) is 29.8 Å². The fourth-order valence-electron chi connectivity index (χ4n) is 1.34. The lowest BCUT2D eigenvalue weighted by molar-refractivity contribution is 0.350. The Balaban J connectivity index is 1.88. The quantitative estimate of drug-likeness (QED) is 0.772. The zero-order valence-corrected chi connectivity index (χ0v) is 8.55. The predicted molar refractivity (Wildman–Crippen MR) is 57.9 cm³/mol. The standard InChI is InChI=1S/C11H12ClNO/c12-10-1-3-11(4-2-10)14-8-9-5-6-13-7-9/h1-5,13H,6-8H2. The molecule has 0 atom stereocenters. The molecule has 0 saturated carbocycles. The highest BCUT2D eigenvalue weighted by molar-refractivity contribution is 6.30. The largest absolute Gasteiger partial charge is 0.489 e. The van der Waals surface area contributed by atoms with Crippen molar-refractivity contribution in [2.24, 2.45) is 0 Å². The summed E-state index contributed by atoms with van der Waals surface area (Å²) in [5.41, 5.74) is 1.31. The summed E-state index contributed by atoms with van der Waals surface area (Å²) >= 11 is 5.76. The average molecular weight is 210 g/mol. The highest BCUT2D eigenvalue weighted by atomic mass is 35.5. The van der Waals surface area contributed by atoms with E-state index < -0.39 is 0 Å². The fourth-order valence-corrected chi connectivity index (χ4v) is 1.46. The maximum atomic E-state index is 5.76. The molecule has 0 amide bonds. The molecule has 1 N–H and O–H groups in total. The minimum Gasteiger partial charge on any atom is -0.489 e. The molecule has 1 aromatic carbocycles. The van der Waals surface area contributed by atoms with Crippen molar-refractivity contribution >= 4 is 11.6 Å². The van der Waals surface area contributed by atoms with E-state index >= 15 is 0 Å². The minimum atomic E-state index is 0.661. The van der Waals surface area contributed by atoms with Gasteiger partial charge in [-0.1, -0.05) is 17.7 Å². The van der Waals surface area contributed by atoms with Gasteiger partial charge in [-0.3, -0.25) is 0 Å². The van der Waals surface area contributed by atoms with Gasteiger partial charge in [0.25, 0.3) is 0 Å². The molecule has 2 nitrogen and oxygen atoms in total. The van der Waals surface area contributed by atoms with Gasteiger partial charge in [-0.25, -0.2) is 0 Å². The van der Waals surface area contributed by atoms with Crippen LogP contribution >= 0.6 is 11.6 Å². The Bertz CT molecular complexity index is 332. The number of nitrogens with one attached hydrogen (secondary N) is 1. The van der Waals surface area contributed by atoms with Crippen molar-refractivity contribution < 1.29 is 4.74 Å². The number of hydrogen-bond acceptors (Lipinski definition) is 2. The number of rotatable bonds is 3. The van der Waals surface area contributed by atoms with Gasteiger partial charge in [-0.2, -0.15) is 0 Å². The molecule has 0 saturated heterocycles. The van der Waals surface area contributed by atoms with Crippen LogP contribution in [-0.4, -0.2) is 19.7 Å². The molecule has 0 spiro atoms. The summed E-state index contributed by atoms with van der Waals surface area (Å²) in [5, 5.41) is 3.96. The third-order valence-electron chi connectivity index (χ3n) is 2.13. The number of hydrogen-bond donors (Lipinski definition) is 1. The lowest BCUT2D eigenvalue weighted by Gasteiger charge is -2.06. The molecule has 1 aromatic rings. The molecule has 0 radical (unpaired) electrons. The van der Waals surface area contributed by atoms with Crippen LogP contribution < -0.4 is 10.1 Å². The zero-order valence-electron chi connectivity index (χ0n) is 7.79. The SMILES string of the molecule is Clc1ccc(OCC2=CCNC2)cc1. The van der Waals surface area contributed by atoms with Crippen LogP contribution in [0.4, 0.5) is 0 Å². The third kappa shape index (κ3) is 2.50. The van der Waals surface area contributed by atoms with Crippen molar-refractivity contribution in [1.29, 1.82) is 0 Å². The molecule has 1 heterocycles. The Hall–Kier alpha value is -0.990. The van der Waals surface area contributed by atoms with Gasteiger partial charge in [0.15, 0.2) is 0 Å². The molecule has 0 aliphatic carbocycles. The summed E-state index contributed by atoms with van der Waals surface area (Å²) in [4.78, 5) is 0. The van der Waals surface area contributed by atoms with Crippen LogP contribution in [0, 0.1) is 0 Å². The molecule has 0 bridgehead atoms. The van der Waals surface area contributed by atoms with Crippen molar-refractivity contribution in [2.45, 2.75) is 0 Å². The number of halogens is 1. The van der Waals surface area contributed by atoms with Crippen molar-refractivity contribution in [3.8, 4) is 5.75 Å². The Morgan fingerprint density at radius 2 is 2.07 bits per heavy atom. The molecule has 3 heteroatoms. The van der Waals surface area contributed by atoms with E-state index in [0.717, 1.165) is 23.9 Å². The van der Waals surface area contributed by atoms with E-state index in [2.05, 4.69) is 11.4 Å². The monoisotopic (exact) mass is 209 g/mol. The summed E-state index contributed by atoms with van der Waals surface area (Å²) in [6, 6.07) is 7.42. The second kappa shape index (κ2) is 4.49. The molecule has 74 valence electrons. The second-order valence-electron chi connectivity index (χ2n) is 3.24. The van der Waals surface area contributed by atoms with Gasteiger partial charge in [-0.15, -0.1) is 0 Å². The molecule has 1 aliphatic heterocycles. The van der Waals surface area contributed by atoms with E-state index in [1.54, 1.807) is 0 Å². The van der Waals surface area contributed by atoms with Crippen LogP contribution in [-0.2, 0) is 0 Å². The maximum Gasteiger partial charge on any atom is 0.119 e. The van der Waals surface area contributed by atoms with Crippen molar-refractivity contribution in [2.75, 3.05) is 19.7 Å². The first-order valence-corrected chi connectivity index (χ1v) is 4.99. The minimum absolute atomic E-state index is 0.661. The van der Waals surface area contributed by atoms with Crippen LogP contribution in [0.2, 0.25) is 5.02 Å². The first-order valence-electron chi connectivity index (χ1n) is 4.61. The first kappa shape index (κ1) is 9.56. The number of ether oxygens (including phenoxy) is 1. The van der Waals surface area contributed by atoms with Crippen LogP contribution in [0.5, 0.6) is 5.75 Å².